The molecular formula is C10H15N3. The van der Waals surface area contributed by atoms with Gasteiger partial charge in [0.05, 0.1) is 11.7 Å². The Labute approximate surface area is 78.6 Å². The lowest BCUT2D eigenvalue weighted by molar-refractivity contribution is 0.637. The Kier molecular flexibility index (Phi) is 3.17. The first-order valence-corrected chi connectivity index (χ1v) is 4.22. The van der Waals surface area contributed by atoms with E-state index in [1.54, 1.807) is 6.08 Å². The fourth-order valence-corrected chi connectivity index (χ4v) is 1.10. The molecule has 0 saturated heterocycles. The van der Waals surface area contributed by atoms with Gasteiger partial charge in [-0.3, -0.25) is 10.8 Å². The zero-order valence-corrected chi connectivity index (χ0v) is 8.04. The third-order valence-corrected chi connectivity index (χ3v) is 2.11. The molecule has 1 atom stereocenters. The number of nitrogens with two attached hydrogens (primary N) is 1. The second kappa shape index (κ2) is 4.16. The van der Waals surface area contributed by atoms with Crippen molar-refractivity contribution in [2.75, 3.05) is 0 Å². The van der Waals surface area contributed by atoms with Gasteiger partial charge in [0.1, 0.15) is 0 Å². The minimum atomic E-state index is -0.0701. The van der Waals surface area contributed by atoms with E-state index in [9.17, 15) is 0 Å². The summed E-state index contributed by atoms with van der Waals surface area (Å²) in [7, 11) is 0. The molecule has 13 heavy (non-hydrogen) atoms. The number of aryl methyl sites for hydroxylation is 2. The third kappa shape index (κ3) is 2.14. The molecule has 0 aromatic carbocycles. The van der Waals surface area contributed by atoms with Gasteiger partial charge in [-0.05, 0) is 25.5 Å². The molecule has 70 valence electrons. The zero-order valence-electron chi connectivity index (χ0n) is 8.04. The SMILES string of the molecule is C=CC(NN)c1ccc(C)c(C)n1. The maximum Gasteiger partial charge on any atom is 0.0809 e. The van der Waals surface area contributed by atoms with E-state index in [0.717, 1.165) is 11.4 Å². The van der Waals surface area contributed by atoms with Crippen molar-refractivity contribution in [3.63, 3.8) is 0 Å². The minimum Gasteiger partial charge on any atom is -0.271 e. The van der Waals surface area contributed by atoms with Crippen LogP contribution in [0.5, 0.6) is 0 Å². The molecule has 3 heteroatoms. The second-order valence-electron chi connectivity index (χ2n) is 3.02. The van der Waals surface area contributed by atoms with Crippen LogP contribution in [0.3, 0.4) is 0 Å². The molecule has 3 N–H and O–H groups in total. The Morgan fingerprint density at radius 1 is 1.54 bits per heavy atom. The Balaban J connectivity index is 3.01. The topological polar surface area (TPSA) is 50.9 Å². The van der Waals surface area contributed by atoms with Crippen molar-refractivity contribution in [3.8, 4) is 0 Å². The smallest absolute Gasteiger partial charge is 0.0809 e. The number of hydrazine groups is 1. The summed E-state index contributed by atoms with van der Waals surface area (Å²) in [5.41, 5.74) is 5.75. The maximum absolute atomic E-state index is 5.34. The van der Waals surface area contributed by atoms with Crippen molar-refractivity contribution in [1.29, 1.82) is 0 Å². The highest BCUT2D eigenvalue weighted by atomic mass is 15.2. The van der Waals surface area contributed by atoms with Gasteiger partial charge >= 0.3 is 0 Å². The van der Waals surface area contributed by atoms with Crippen molar-refractivity contribution in [2.24, 2.45) is 5.84 Å². The summed E-state index contributed by atoms with van der Waals surface area (Å²) >= 11 is 0. The average Bonchev–Trinajstić information content (AvgIpc) is 2.13. The Morgan fingerprint density at radius 3 is 2.69 bits per heavy atom. The number of nitrogens with zero attached hydrogens (tertiary/aromatic N) is 1. The van der Waals surface area contributed by atoms with Gasteiger partial charge in [0.2, 0.25) is 0 Å². The second-order valence-corrected chi connectivity index (χ2v) is 3.02. The molecule has 1 unspecified atom stereocenters. The average molecular weight is 177 g/mol. The highest BCUT2D eigenvalue weighted by Crippen LogP contribution is 2.12. The molecule has 0 aliphatic carbocycles. The van der Waals surface area contributed by atoms with Gasteiger partial charge in [-0.15, -0.1) is 6.58 Å². The molecule has 0 bridgehead atoms. The zero-order chi connectivity index (χ0) is 9.84. The van der Waals surface area contributed by atoms with Crippen LogP contribution < -0.4 is 11.3 Å². The monoisotopic (exact) mass is 177 g/mol. The van der Waals surface area contributed by atoms with Crippen LogP contribution in [-0.4, -0.2) is 4.98 Å². The summed E-state index contributed by atoms with van der Waals surface area (Å²) in [5.74, 6) is 5.34. The summed E-state index contributed by atoms with van der Waals surface area (Å²) in [6.45, 7) is 7.69. The quantitative estimate of drug-likeness (QED) is 0.417. The summed E-state index contributed by atoms with van der Waals surface area (Å²) in [4.78, 5) is 4.40. The maximum atomic E-state index is 5.34. The number of pyridine rings is 1. The van der Waals surface area contributed by atoms with Crippen molar-refractivity contribution in [2.45, 2.75) is 19.9 Å². The number of hydrogen-bond donors (Lipinski definition) is 2. The normalized spacial score (nSPS) is 12.5. The minimum absolute atomic E-state index is 0.0701. The molecule has 0 aliphatic rings. The number of nitrogens with one attached hydrogen (secondary N) is 1. The van der Waals surface area contributed by atoms with E-state index in [0.29, 0.717) is 0 Å². The van der Waals surface area contributed by atoms with E-state index in [2.05, 4.69) is 17.0 Å². The van der Waals surface area contributed by atoms with E-state index in [4.69, 9.17) is 5.84 Å². The molecule has 0 fully saturated rings. The van der Waals surface area contributed by atoms with Gasteiger partial charge in [-0.1, -0.05) is 12.1 Å². The van der Waals surface area contributed by atoms with E-state index < -0.39 is 0 Å². The predicted molar refractivity (Wildman–Crippen MR) is 54.0 cm³/mol. The van der Waals surface area contributed by atoms with Crippen molar-refractivity contribution >= 4 is 0 Å². The predicted octanol–water partition coefficient (Wildman–Crippen LogP) is 1.39. The molecule has 1 rings (SSSR count). The molecule has 1 aromatic rings. The van der Waals surface area contributed by atoms with Crippen LogP contribution in [0, 0.1) is 13.8 Å². The first-order valence-electron chi connectivity index (χ1n) is 4.22. The first-order chi connectivity index (χ1) is 6.19. The van der Waals surface area contributed by atoms with E-state index in [1.807, 2.05) is 26.0 Å². The van der Waals surface area contributed by atoms with Crippen LogP contribution >= 0.6 is 0 Å². The van der Waals surface area contributed by atoms with Crippen LogP contribution in [0.2, 0.25) is 0 Å². The van der Waals surface area contributed by atoms with E-state index in [-0.39, 0.29) is 6.04 Å². The molecule has 3 nitrogen and oxygen atoms in total. The highest BCUT2D eigenvalue weighted by Gasteiger charge is 2.06. The fourth-order valence-electron chi connectivity index (χ4n) is 1.10. The number of rotatable bonds is 3. The van der Waals surface area contributed by atoms with Crippen molar-refractivity contribution in [3.05, 3.63) is 41.7 Å². The molecule has 0 radical (unpaired) electrons. The molecule has 1 aromatic heterocycles. The Bertz CT molecular complexity index is 307. The lowest BCUT2D eigenvalue weighted by Gasteiger charge is -2.11. The fraction of sp³-hybridized carbons (Fsp3) is 0.300. The lowest BCUT2D eigenvalue weighted by Crippen LogP contribution is -2.27. The van der Waals surface area contributed by atoms with Crippen molar-refractivity contribution in [1.82, 2.24) is 10.4 Å². The van der Waals surface area contributed by atoms with Crippen LogP contribution in [0.1, 0.15) is 23.0 Å². The molecule has 1 heterocycles. The third-order valence-electron chi connectivity index (χ3n) is 2.11. The Hall–Kier alpha value is -1.19. The largest absolute Gasteiger partial charge is 0.271 e. The number of hydrogen-bond acceptors (Lipinski definition) is 3. The molecular weight excluding hydrogens is 162 g/mol. The molecule has 0 spiro atoms. The number of aromatic nitrogens is 1. The van der Waals surface area contributed by atoms with Crippen LogP contribution in [-0.2, 0) is 0 Å². The van der Waals surface area contributed by atoms with Gasteiger partial charge in [-0.25, -0.2) is 5.43 Å². The van der Waals surface area contributed by atoms with Crippen molar-refractivity contribution < 1.29 is 0 Å². The van der Waals surface area contributed by atoms with Gasteiger partial charge in [-0.2, -0.15) is 0 Å². The van der Waals surface area contributed by atoms with E-state index in [1.165, 1.54) is 5.56 Å². The standard InChI is InChI=1S/C10H15N3/c1-4-9(13-11)10-6-5-7(2)8(3)12-10/h4-6,9,13H,1,11H2,2-3H3. The van der Waals surface area contributed by atoms with Gasteiger partial charge in [0, 0.05) is 5.69 Å². The lowest BCUT2D eigenvalue weighted by atomic mass is 10.1. The summed E-state index contributed by atoms with van der Waals surface area (Å²) in [6, 6.07) is 3.92. The first kappa shape index (κ1) is 9.89. The Morgan fingerprint density at radius 2 is 2.23 bits per heavy atom. The van der Waals surface area contributed by atoms with Crippen LogP contribution in [0.25, 0.3) is 0 Å². The van der Waals surface area contributed by atoms with Crippen LogP contribution in [0.15, 0.2) is 24.8 Å². The summed E-state index contributed by atoms with van der Waals surface area (Å²) in [5, 5.41) is 0. The van der Waals surface area contributed by atoms with Gasteiger partial charge in [0.15, 0.2) is 0 Å². The van der Waals surface area contributed by atoms with Gasteiger partial charge in [0.25, 0.3) is 0 Å². The summed E-state index contributed by atoms with van der Waals surface area (Å²) < 4.78 is 0. The molecule has 0 amide bonds. The van der Waals surface area contributed by atoms with Gasteiger partial charge < -0.3 is 0 Å². The molecule has 0 saturated carbocycles. The highest BCUT2D eigenvalue weighted by molar-refractivity contribution is 5.23. The van der Waals surface area contributed by atoms with Crippen LogP contribution in [0.4, 0.5) is 0 Å². The molecule has 0 aliphatic heterocycles. The summed E-state index contributed by atoms with van der Waals surface area (Å²) in [6.07, 6.45) is 1.73. The van der Waals surface area contributed by atoms with E-state index >= 15 is 0 Å².